The Morgan fingerprint density at radius 2 is 1.94 bits per heavy atom. The van der Waals surface area contributed by atoms with Crippen LogP contribution in [0, 0.1) is 5.92 Å². The zero-order valence-electron chi connectivity index (χ0n) is 18.0. The van der Waals surface area contributed by atoms with E-state index < -0.39 is 68.1 Å². The van der Waals surface area contributed by atoms with E-state index in [1.807, 2.05) is 0 Å². The topological polar surface area (TPSA) is 161 Å². The standard InChI is InChI=1S/C20H30F2N2O8/c1-9-15(18(21)20(2,22)32-17(9)16(29)13(28)8-27)24-19(30)23-11-4-10(6-25)12(7-26)14(5-11)31-3/h4-5,9,13,15-18,25-29H,6-8H2,1-3H3,(H2,23,24,30)/t9-,13-,15-,16-,17-,18?,20?/m1/s1. The van der Waals surface area contributed by atoms with Crippen molar-refractivity contribution in [3.8, 4) is 5.75 Å². The average molecular weight is 464 g/mol. The van der Waals surface area contributed by atoms with Crippen LogP contribution in [0.5, 0.6) is 5.75 Å². The summed E-state index contributed by atoms with van der Waals surface area (Å²) in [5.74, 6) is -3.67. The van der Waals surface area contributed by atoms with Gasteiger partial charge in [-0.25, -0.2) is 13.6 Å². The Labute approximate surface area is 183 Å². The Hall–Kier alpha value is -2.09. The summed E-state index contributed by atoms with van der Waals surface area (Å²) in [6.07, 6.45) is -7.11. The van der Waals surface area contributed by atoms with Crippen LogP contribution < -0.4 is 15.4 Å². The molecule has 0 spiro atoms. The molecule has 12 heteroatoms. The molecule has 2 amide bonds. The first kappa shape index (κ1) is 26.2. The molecule has 1 aliphatic rings. The highest BCUT2D eigenvalue weighted by Gasteiger charge is 2.55. The number of ether oxygens (including phenoxy) is 2. The van der Waals surface area contributed by atoms with Crippen molar-refractivity contribution in [1.29, 1.82) is 0 Å². The second kappa shape index (κ2) is 10.7. The van der Waals surface area contributed by atoms with Gasteiger partial charge >= 0.3 is 6.03 Å². The molecule has 0 aliphatic carbocycles. The number of urea groups is 1. The van der Waals surface area contributed by atoms with E-state index in [0.29, 0.717) is 11.1 Å². The van der Waals surface area contributed by atoms with Crippen molar-refractivity contribution >= 4 is 11.7 Å². The average Bonchev–Trinajstić information content (AvgIpc) is 2.77. The lowest BCUT2D eigenvalue weighted by Crippen LogP contribution is -2.65. The highest BCUT2D eigenvalue weighted by Crippen LogP contribution is 2.38. The van der Waals surface area contributed by atoms with Gasteiger partial charge in [-0.3, -0.25) is 0 Å². The quantitative estimate of drug-likeness (QED) is 0.282. The number of hydrogen-bond donors (Lipinski definition) is 7. The summed E-state index contributed by atoms with van der Waals surface area (Å²) in [7, 11) is 1.34. The van der Waals surface area contributed by atoms with E-state index in [1.165, 1.54) is 26.2 Å². The summed E-state index contributed by atoms with van der Waals surface area (Å²) < 4.78 is 39.7. The van der Waals surface area contributed by atoms with E-state index in [9.17, 15) is 34.0 Å². The molecule has 32 heavy (non-hydrogen) atoms. The van der Waals surface area contributed by atoms with Gasteiger partial charge < -0.3 is 45.6 Å². The lowest BCUT2D eigenvalue weighted by molar-refractivity contribution is -0.280. The molecule has 182 valence electrons. The van der Waals surface area contributed by atoms with Gasteiger partial charge in [0.05, 0.1) is 39.1 Å². The van der Waals surface area contributed by atoms with Crippen molar-refractivity contribution in [1.82, 2.24) is 5.32 Å². The fraction of sp³-hybridized carbons (Fsp3) is 0.650. The third-order valence-electron chi connectivity index (χ3n) is 5.58. The van der Waals surface area contributed by atoms with Gasteiger partial charge in [0.1, 0.15) is 18.0 Å². The van der Waals surface area contributed by atoms with E-state index in [1.54, 1.807) is 0 Å². The van der Waals surface area contributed by atoms with E-state index in [2.05, 4.69) is 10.6 Å². The van der Waals surface area contributed by atoms with Gasteiger partial charge in [0, 0.05) is 23.2 Å². The minimum Gasteiger partial charge on any atom is -0.496 e. The lowest BCUT2D eigenvalue weighted by atomic mass is 9.82. The van der Waals surface area contributed by atoms with E-state index >= 15 is 0 Å². The number of carbonyl (C=O) groups excluding carboxylic acids is 1. The van der Waals surface area contributed by atoms with Crippen LogP contribution in [0.25, 0.3) is 0 Å². The van der Waals surface area contributed by atoms with Crippen LogP contribution in [0.3, 0.4) is 0 Å². The molecule has 7 N–H and O–H groups in total. The molecule has 2 unspecified atom stereocenters. The predicted molar refractivity (Wildman–Crippen MR) is 108 cm³/mol. The molecule has 1 fully saturated rings. The van der Waals surface area contributed by atoms with Crippen LogP contribution in [0.4, 0.5) is 19.3 Å². The molecular formula is C20H30F2N2O8. The summed E-state index contributed by atoms with van der Waals surface area (Å²) in [6.45, 7) is 0.515. The molecule has 0 saturated carbocycles. The van der Waals surface area contributed by atoms with Gasteiger partial charge in [0.2, 0.25) is 5.85 Å². The third-order valence-corrected chi connectivity index (χ3v) is 5.58. The van der Waals surface area contributed by atoms with Gasteiger partial charge in [-0.15, -0.1) is 0 Å². The number of aliphatic hydroxyl groups is 5. The Morgan fingerprint density at radius 3 is 2.47 bits per heavy atom. The van der Waals surface area contributed by atoms with Crippen molar-refractivity contribution in [2.24, 2.45) is 5.92 Å². The SMILES string of the molecule is COc1cc(NC(=O)N[C@H]2C(F)C(C)(F)O[C@@H]([C@H](O)[C@H](O)CO)[C@@H]2C)cc(CO)c1CO. The smallest absolute Gasteiger partial charge is 0.319 e. The maximum Gasteiger partial charge on any atom is 0.319 e. The monoisotopic (exact) mass is 464 g/mol. The van der Waals surface area contributed by atoms with Crippen LogP contribution in [-0.2, 0) is 18.0 Å². The second-order valence-electron chi connectivity index (χ2n) is 7.83. The number of benzene rings is 1. The van der Waals surface area contributed by atoms with Crippen LogP contribution in [0.2, 0.25) is 0 Å². The number of anilines is 1. The van der Waals surface area contributed by atoms with Crippen LogP contribution in [0.1, 0.15) is 25.0 Å². The number of amides is 2. The van der Waals surface area contributed by atoms with Crippen molar-refractivity contribution in [3.63, 3.8) is 0 Å². The van der Waals surface area contributed by atoms with Crippen molar-refractivity contribution < 1.29 is 48.6 Å². The first-order valence-corrected chi connectivity index (χ1v) is 9.97. The number of aliphatic hydroxyl groups excluding tert-OH is 5. The minimum absolute atomic E-state index is 0.158. The van der Waals surface area contributed by atoms with Crippen molar-refractivity contribution in [2.75, 3.05) is 19.0 Å². The minimum atomic E-state index is -2.89. The molecule has 7 atom stereocenters. The Balaban J connectivity index is 2.23. The van der Waals surface area contributed by atoms with E-state index in [-0.39, 0.29) is 11.4 Å². The molecule has 0 radical (unpaired) electrons. The zero-order chi connectivity index (χ0) is 24.2. The largest absolute Gasteiger partial charge is 0.496 e. The first-order valence-electron chi connectivity index (χ1n) is 9.97. The maximum absolute atomic E-state index is 14.8. The van der Waals surface area contributed by atoms with Gasteiger partial charge in [-0.05, 0) is 18.6 Å². The molecule has 0 bridgehead atoms. The molecule has 1 aromatic carbocycles. The zero-order valence-corrected chi connectivity index (χ0v) is 18.0. The molecule has 1 aromatic rings. The first-order chi connectivity index (χ1) is 15.0. The third kappa shape index (κ3) is 5.45. The van der Waals surface area contributed by atoms with Gasteiger partial charge in [-0.2, -0.15) is 0 Å². The highest BCUT2D eigenvalue weighted by molar-refractivity contribution is 5.90. The molecule has 10 nitrogen and oxygen atoms in total. The summed E-state index contributed by atoms with van der Waals surface area (Å²) in [5.41, 5.74) is 0.781. The van der Waals surface area contributed by atoms with Crippen LogP contribution in [-0.4, -0.2) is 81.7 Å². The lowest BCUT2D eigenvalue weighted by Gasteiger charge is -2.46. The molecular weight excluding hydrogens is 434 g/mol. The molecule has 1 aliphatic heterocycles. The summed E-state index contributed by atoms with van der Waals surface area (Å²) in [5, 5.41) is 52.6. The fourth-order valence-electron chi connectivity index (χ4n) is 3.74. The van der Waals surface area contributed by atoms with E-state index in [4.69, 9.17) is 14.6 Å². The normalized spacial score (nSPS) is 29.8. The molecule has 1 saturated heterocycles. The summed E-state index contributed by atoms with van der Waals surface area (Å²) >= 11 is 0. The summed E-state index contributed by atoms with van der Waals surface area (Å²) in [6, 6.07) is 0.395. The predicted octanol–water partition coefficient (Wildman–Crippen LogP) is -0.0573. The van der Waals surface area contributed by atoms with Gasteiger partial charge in [0.25, 0.3) is 0 Å². The Morgan fingerprint density at radius 1 is 1.28 bits per heavy atom. The van der Waals surface area contributed by atoms with Crippen molar-refractivity contribution in [2.45, 2.75) is 63.4 Å². The number of alkyl halides is 2. The number of rotatable bonds is 8. The summed E-state index contributed by atoms with van der Waals surface area (Å²) in [4.78, 5) is 12.5. The number of methoxy groups -OCH3 is 1. The Kier molecular flexibility index (Phi) is 8.74. The Bertz CT molecular complexity index is 772. The van der Waals surface area contributed by atoms with Crippen molar-refractivity contribution in [3.05, 3.63) is 23.3 Å². The maximum atomic E-state index is 14.8. The van der Waals surface area contributed by atoms with Crippen LogP contribution >= 0.6 is 0 Å². The fourth-order valence-corrected chi connectivity index (χ4v) is 3.74. The molecule has 1 heterocycles. The molecule has 0 aromatic heterocycles. The van der Waals surface area contributed by atoms with Gasteiger partial charge in [-0.1, -0.05) is 6.92 Å². The molecule has 2 rings (SSSR count). The number of halogens is 2. The number of hydrogen-bond acceptors (Lipinski definition) is 8. The van der Waals surface area contributed by atoms with Gasteiger partial charge in [0.15, 0.2) is 6.17 Å². The second-order valence-corrected chi connectivity index (χ2v) is 7.83. The highest BCUT2D eigenvalue weighted by atomic mass is 19.2. The number of carbonyl (C=O) groups is 1. The number of nitrogens with one attached hydrogen (secondary N) is 2. The van der Waals surface area contributed by atoms with Crippen LogP contribution in [0.15, 0.2) is 12.1 Å². The van der Waals surface area contributed by atoms with E-state index in [0.717, 1.165) is 6.92 Å².